The lowest BCUT2D eigenvalue weighted by Crippen LogP contribution is -2.48. The van der Waals surface area contributed by atoms with Gasteiger partial charge in [0.25, 0.3) is 0 Å². The summed E-state index contributed by atoms with van der Waals surface area (Å²) in [4.78, 5) is 26.8. The number of rotatable bonds is 11. The van der Waals surface area contributed by atoms with Crippen molar-refractivity contribution in [3.05, 3.63) is 119 Å². The predicted molar refractivity (Wildman–Crippen MR) is 175 cm³/mol. The fraction of sp³-hybridized carbons (Fsp3) is 0.368. The van der Waals surface area contributed by atoms with Crippen LogP contribution in [0.5, 0.6) is 0 Å². The van der Waals surface area contributed by atoms with Crippen molar-refractivity contribution in [3.8, 4) is 0 Å². The van der Waals surface area contributed by atoms with Crippen LogP contribution >= 0.6 is 0 Å². The summed E-state index contributed by atoms with van der Waals surface area (Å²) in [5.74, 6) is -0.247. The third kappa shape index (κ3) is 9.64. The molecule has 1 saturated heterocycles. The Balaban J connectivity index is 1.17. The quantitative estimate of drug-likeness (QED) is 0.165. The van der Waals surface area contributed by atoms with Gasteiger partial charge in [0.2, 0.25) is 0 Å². The van der Waals surface area contributed by atoms with Crippen molar-refractivity contribution < 1.29 is 28.5 Å². The van der Waals surface area contributed by atoms with E-state index >= 15 is 0 Å². The van der Waals surface area contributed by atoms with E-state index in [1.807, 2.05) is 63.2 Å². The Morgan fingerprint density at radius 3 is 2.27 bits per heavy atom. The zero-order valence-corrected chi connectivity index (χ0v) is 26.4. The molecule has 1 aliphatic heterocycles. The average molecular weight is 610 g/mol. The highest BCUT2D eigenvalue weighted by Crippen LogP contribution is 2.32. The van der Waals surface area contributed by atoms with Gasteiger partial charge in [-0.25, -0.2) is 9.59 Å². The number of esters is 1. The Bertz CT molecular complexity index is 1550. The Labute approximate surface area is 266 Å². The summed E-state index contributed by atoms with van der Waals surface area (Å²) in [5, 5.41) is 2.37. The van der Waals surface area contributed by atoms with Crippen molar-refractivity contribution in [1.82, 2.24) is 4.90 Å². The number of carbonyl (C=O) groups excluding carboxylic acids is 2. The van der Waals surface area contributed by atoms with E-state index in [0.29, 0.717) is 39.3 Å². The highest BCUT2D eigenvalue weighted by molar-refractivity contribution is 5.83. The van der Waals surface area contributed by atoms with Crippen LogP contribution in [-0.2, 0) is 43.4 Å². The molecular weight excluding hydrogens is 566 g/mol. The van der Waals surface area contributed by atoms with E-state index in [-0.39, 0.29) is 30.7 Å². The molecule has 7 nitrogen and oxygen atoms in total. The Morgan fingerprint density at radius 2 is 1.51 bits per heavy atom. The fourth-order valence-corrected chi connectivity index (χ4v) is 5.57. The van der Waals surface area contributed by atoms with Crippen LogP contribution in [0.25, 0.3) is 10.8 Å². The van der Waals surface area contributed by atoms with Crippen molar-refractivity contribution in [2.24, 2.45) is 0 Å². The lowest BCUT2D eigenvalue weighted by atomic mass is 9.86. The van der Waals surface area contributed by atoms with Crippen LogP contribution in [0.4, 0.5) is 4.79 Å². The minimum atomic E-state index is -0.561. The lowest BCUT2D eigenvalue weighted by molar-refractivity contribution is -0.149. The molecule has 0 aliphatic carbocycles. The number of carbonyl (C=O) groups is 2. The van der Waals surface area contributed by atoms with Crippen molar-refractivity contribution >= 4 is 22.8 Å². The largest absolute Gasteiger partial charge is 0.464 e. The molecule has 2 atom stereocenters. The zero-order valence-electron chi connectivity index (χ0n) is 26.4. The molecule has 0 saturated carbocycles. The summed E-state index contributed by atoms with van der Waals surface area (Å²) >= 11 is 0. The second-order valence-electron chi connectivity index (χ2n) is 12.5. The number of amides is 1. The summed E-state index contributed by atoms with van der Waals surface area (Å²) in [7, 11) is 0. The molecule has 0 radical (unpaired) electrons. The highest BCUT2D eigenvalue weighted by atomic mass is 16.6. The van der Waals surface area contributed by atoms with Gasteiger partial charge in [0.1, 0.15) is 12.2 Å². The maximum Gasteiger partial charge on any atom is 0.410 e. The molecule has 0 N–H and O–H groups in total. The normalized spacial score (nSPS) is 16.8. The number of piperidine rings is 1. The van der Waals surface area contributed by atoms with Gasteiger partial charge in [-0.15, -0.1) is 0 Å². The molecule has 1 heterocycles. The topological polar surface area (TPSA) is 74.3 Å². The van der Waals surface area contributed by atoms with Crippen LogP contribution in [0, 0.1) is 0 Å². The first kappa shape index (κ1) is 32.2. The Hall–Kier alpha value is -4.20. The first-order valence-corrected chi connectivity index (χ1v) is 15.7. The number of ether oxygens (including phenoxy) is 4. The third-order valence-corrected chi connectivity index (χ3v) is 7.88. The summed E-state index contributed by atoms with van der Waals surface area (Å²) in [6.07, 6.45) is 0.877. The summed E-state index contributed by atoms with van der Waals surface area (Å²) in [6.45, 7) is 7.74. The number of nitrogens with zero attached hydrogens (tertiary/aromatic N) is 1. The monoisotopic (exact) mass is 609 g/mol. The van der Waals surface area contributed by atoms with E-state index in [4.69, 9.17) is 18.9 Å². The molecule has 1 aliphatic rings. The van der Waals surface area contributed by atoms with Gasteiger partial charge in [-0.1, -0.05) is 91.0 Å². The zero-order chi connectivity index (χ0) is 31.6. The fourth-order valence-electron chi connectivity index (χ4n) is 5.57. The highest BCUT2D eigenvalue weighted by Gasteiger charge is 2.35. The molecule has 0 spiro atoms. The first-order chi connectivity index (χ1) is 21.7. The van der Waals surface area contributed by atoms with E-state index in [1.54, 1.807) is 4.90 Å². The van der Waals surface area contributed by atoms with Crippen molar-refractivity contribution in [2.45, 2.75) is 64.4 Å². The molecule has 45 heavy (non-hydrogen) atoms. The number of benzene rings is 4. The number of hydrogen-bond acceptors (Lipinski definition) is 6. The van der Waals surface area contributed by atoms with Gasteiger partial charge in [-0.2, -0.15) is 0 Å². The van der Waals surface area contributed by atoms with Crippen molar-refractivity contribution in [3.63, 3.8) is 0 Å². The second kappa shape index (κ2) is 15.2. The minimum absolute atomic E-state index is 0.0730. The molecular formula is C38H43NO6. The molecule has 0 aromatic heterocycles. The first-order valence-electron chi connectivity index (χ1n) is 15.7. The van der Waals surface area contributed by atoms with Gasteiger partial charge in [0, 0.05) is 18.9 Å². The van der Waals surface area contributed by atoms with Gasteiger partial charge in [-0.05, 0) is 66.3 Å². The molecule has 2 unspecified atom stereocenters. The maximum absolute atomic E-state index is 12.9. The maximum atomic E-state index is 12.9. The van der Waals surface area contributed by atoms with Crippen molar-refractivity contribution in [1.29, 1.82) is 0 Å². The smallest absolute Gasteiger partial charge is 0.410 e. The Morgan fingerprint density at radius 1 is 0.800 bits per heavy atom. The molecule has 4 aromatic carbocycles. The van der Waals surface area contributed by atoms with Gasteiger partial charge in [0.15, 0.2) is 0 Å². The minimum Gasteiger partial charge on any atom is -0.464 e. The molecule has 1 amide bonds. The molecule has 4 aromatic rings. The van der Waals surface area contributed by atoms with Crippen LogP contribution in [-0.4, -0.2) is 55.0 Å². The van der Waals surface area contributed by atoms with Crippen molar-refractivity contribution in [2.75, 3.05) is 26.3 Å². The van der Waals surface area contributed by atoms with E-state index < -0.39 is 5.60 Å². The molecule has 7 heteroatoms. The standard InChI is InChI=1S/C38H43NO6/c1-38(2,3)45-37(41)39-21-19-34(35(24-39)44-26-30-15-16-31-11-7-8-12-33(31)23-30)32-17-13-28(14-18-32)20-22-43-36(40)27-42-25-29-9-5-4-6-10-29/h4-18,23,34-35H,19-22,24-27H2,1-3H3. The molecule has 236 valence electrons. The summed E-state index contributed by atoms with van der Waals surface area (Å²) < 4.78 is 23.1. The summed E-state index contributed by atoms with van der Waals surface area (Å²) in [6, 6.07) is 32.8. The van der Waals surface area contributed by atoms with Gasteiger partial charge in [0.05, 0.1) is 32.5 Å². The molecule has 5 rings (SSSR count). The van der Waals surface area contributed by atoms with Gasteiger partial charge in [-0.3, -0.25) is 0 Å². The third-order valence-electron chi connectivity index (χ3n) is 7.88. The molecule has 1 fully saturated rings. The van der Waals surface area contributed by atoms with Gasteiger partial charge < -0.3 is 23.8 Å². The van der Waals surface area contributed by atoms with Gasteiger partial charge >= 0.3 is 12.1 Å². The number of likely N-dealkylation sites (tertiary alicyclic amines) is 1. The van der Waals surface area contributed by atoms with Crippen LogP contribution < -0.4 is 0 Å². The van der Waals surface area contributed by atoms with Crippen LogP contribution in [0.3, 0.4) is 0 Å². The van der Waals surface area contributed by atoms with E-state index in [9.17, 15) is 9.59 Å². The summed E-state index contributed by atoms with van der Waals surface area (Å²) in [5.41, 5.74) is 3.79. The van der Waals surface area contributed by atoms with E-state index in [2.05, 4.69) is 54.6 Å². The lowest BCUT2D eigenvalue weighted by Gasteiger charge is -2.39. The number of hydrogen-bond donors (Lipinski definition) is 0. The SMILES string of the molecule is CC(C)(C)OC(=O)N1CCC(c2ccc(CCOC(=O)COCc3ccccc3)cc2)C(OCc2ccc3ccccc3c2)C1. The van der Waals surface area contributed by atoms with E-state index in [0.717, 1.165) is 28.7 Å². The number of fused-ring (bicyclic) bond motifs is 1. The predicted octanol–water partition coefficient (Wildman–Crippen LogP) is 7.45. The van der Waals surface area contributed by atoms with Crippen LogP contribution in [0.15, 0.2) is 97.1 Å². The van der Waals surface area contributed by atoms with Crippen LogP contribution in [0.1, 0.15) is 55.4 Å². The Kier molecular flexibility index (Phi) is 10.9. The van der Waals surface area contributed by atoms with Crippen LogP contribution in [0.2, 0.25) is 0 Å². The molecule has 0 bridgehead atoms. The average Bonchev–Trinajstić information content (AvgIpc) is 3.03. The van der Waals surface area contributed by atoms with E-state index in [1.165, 1.54) is 10.8 Å². The second-order valence-corrected chi connectivity index (χ2v) is 12.5.